The van der Waals surface area contributed by atoms with Crippen molar-refractivity contribution in [2.24, 2.45) is 0 Å². The van der Waals surface area contributed by atoms with Crippen LogP contribution in [0.25, 0.3) is 21.7 Å². The van der Waals surface area contributed by atoms with Gasteiger partial charge in [0.25, 0.3) is 0 Å². The Kier molecular flexibility index (Phi) is 4.20. The van der Waals surface area contributed by atoms with E-state index in [0.717, 1.165) is 25.5 Å². The molecule has 114 valence electrons. The van der Waals surface area contributed by atoms with Crippen molar-refractivity contribution in [3.8, 4) is 27.8 Å². The Labute approximate surface area is 147 Å². The zero-order valence-corrected chi connectivity index (χ0v) is 15.1. The summed E-state index contributed by atoms with van der Waals surface area (Å²) in [5.74, 6) is 0.266. The summed E-state index contributed by atoms with van der Waals surface area (Å²) in [5.41, 5.74) is 11.5. The van der Waals surface area contributed by atoms with Crippen LogP contribution in [0.4, 0.5) is 5.82 Å². The summed E-state index contributed by atoms with van der Waals surface area (Å²) in [6, 6.07) is 14.3. The molecule has 0 unspecified atom stereocenters. The highest BCUT2D eigenvalue weighted by Crippen LogP contribution is 2.37. The minimum Gasteiger partial charge on any atom is -0.383 e. The number of nitriles is 1. The van der Waals surface area contributed by atoms with Crippen LogP contribution in [-0.4, -0.2) is 4.98 Å². The van der Waals surface area contributed by atoms with E-state index >= 15 is 0 Å². The molecule has 0 saturated heterocycles. The maximum absolute atomic E-state index is 9.43. The smallest absolute Gasteiger partial charge is 0.142 e. The third kappa shape index (κ3) is 3.00. The molecule has 3 nitrogen and oxygen atoms in total. The van der Waals surface area contributed by atoms with Gasteiger partial charge in [-0.3, -0.25) is 0 Å². The van der Waals surface area contributed by atoms with Gasteiger partial charge in [-0.25, -0.2) is 4.98 Å². The van der Waals surface area contributed by atoms with Crippen molar-refractivity contribution in [1.29, 1.82) is 5.26 Å². The van der Waals surface area contributed by atoms with E-state index in [1.807, 2.05) is 24.3 Å². The van der Waals surface area contributed by atoms with Gasteiger partial charge in [0.2, 0.25) is 0 Å². The summed E-state index contributed by atoms with van der Waals surface area (Å²) in [4.78, 5) is 5.42. The fourth-order valence-electron chi connectivity index (χ4n) is 2.38. The number of aromatic nitrogens is 1. The van der Waals surface area contributed by atoms with Crippen LogP contribution in [0.1, 0.15) is 16.7 Å². The second kappa shape index (κ2) is 6.15. The predicted octanol–water partition coefficient (Wildman–Crippen LogP) is 5.31. The summed E-state index contributed by atoms with van der Waals surface area (Å²) >= 11 is 5.03. The topological polar surface area (TPSA) is 62.7 Å². The molecule has 5 heteroatoms. The number of pyridine rings is 1. The number of nitrogens with zero attached hydrogens (tertiary/aromatic N) is 2. The van der Waals surface area contributed by atoms with Crippen LogP contribution < -0.4 is 5.73 Å². The fraction of sp³-hybridized carbons (Fsp3) is 0.111. The lowest BCUT2D eigenvalue weighted by Gasteiger charge is -2.10. The number of hydrogen-bond donors (Lipinski definition) is 1. The molecule has 1 aromatic carbocycles. The van der Waals surface area contributed by atoms with Gasteiger partial charge in [0.1, 0.15) is 17.5 Å². The molecule has 0 aliphatic rings. The Morgan fingerprint density at radius 3 is 2.52 bits per heavy atom. The van der Waals surface area contributed by atoms with Crippen LogP contribution in [0.3, 0.4) is 0 Å². The Hall–Kier alpha value is -2.16. The number of benzene rings is 1. The van der Waals surface area contributed by atoms with Gasteiger partial charge in [-0.1, -0.05) is 12.1 Å². The molecular weight excluding hydrogens is 370 g/mol. The lowest BCUT2D eigenvalue weighted by molar-refractivity contribution is 1.29. The fourth-order valence-corrected chi connectivity index (χ4v) is 3.79. The van der Waals surface area contributed by atoms with Crippen LogP contribution in [0, 0.1) is 25.2 Å². The molecule has 23 heavy (non-hydrogen) atoms. The van der Waals surface area contributed by atoms with Crippen molar-refractivity contribution >= 4 is 33.1 Å². The van der Waals surface area contributed by atoms with Gasteiger partial charge in [-0.15, -0.1) is 11.3 Å². The number of hydrogen-bond acceptors (Lipinski definition) is 4. The quantitative estimate of drug-likeness (QED) is 0.651. The third-order valence-electron chi connectivity index (χ3n) is 3.80. The average Bonchev–Trinajstić information content (AvgIpc) is 2.95. The first-order chi connectivity index (χ1) is 11.0. The van der Waals surface area contributed by atoms with Gasteiger partial charge in [-0.05, 0) is 65.2 Å². The molecule has 0 aliphatic carbocycles. The minimum atomic E-state index is 0.266. The Morgan fingerprint density at radius 2 is 1.91 bits per heavy atom. The summed E-state index contributed by atoms with van der Waals surface area (Å²) in [7, 11) is 0. The highest BCUT2D eigenvalue weighted by molar-refractivity contribution is 9.11. The van der Waals surface area contributed by atoms with Crippen LogP contribution in [0.2, 0.25) is 0 Å². The molecule has 2 N–H and O–H groups in total. The summed E-state index contributed by atoms with van der Waals surface area (Å²) < 4.78 is 1.01. The average molecular weight is 384 g/mol. The molecule has 0 spiro atoms. The Bertz CT molecular complexity index is 938. The monoisotopic (exact) mass is 383 g/mol. The lowest BCUT2D eigenvalue weighted by atomic mass is 10.0. The van der Waals surface area contributed by atoms with E-state index in [0.29, 0.717) is 5.56 Å². The lowest BCUT2D eigenvalue weighted by Crippen LogP contribution is -1.99. The summed E-state index contributed by atoms with van der Waals surface area (Å²) in [6.45, 7) is 4.15. The number of halogens is 1. The largest absolute Gasteiger partial charge is 0.383 e. The molecular formula is C18H14BrN3S. The van der Waals surface area contributed by atoms with Crippen molar-refractivity contribution in [1.82, 2.24) is 4.98 Å². The SMILES string of the molecule is Cc1ccc(-c2cc(-c3ccc(Br)s3)c(C#N)c(N)n2)cc1C. The zero-order chi connectivity index (χ0) is 16.6. The van der Waals surface area contributed by atoms with Gasteiger partial charge in [0.15, 0.2) is 0 Å². The van der Waals surface area contributed by atoms with Crippen LogP contribution in [0.15, 0.2) is 40.2 Å². The van der Waals surface area contributed by atoms with Crippen molar-refractivity contribution in [3.63, 3.8) is 0 Å². The highest BCUT2D eigenvalue weighted by Gasteiger charge is 2.15. The standard InChI is InChI=1S/C18H14BrN3S/c1-10-3-4-12(7-11(10)2)15-8-13(14(9-20)18(21)22-15)16-5-6-17(19)23-16/h3-8H,1-2H3,(H2,21,22). The van der Waals surface area contributed by atoms with Crippen LogP contribution in [0.5, 0.6) is 0 Å². The van der Waals surface area contributed by atoms with E-state index in [1.165, 1.54) is 11.1 Å². The Balaban J connectivity index is 2.22. The molecule has 2 aromatic heterocycles. The second-order valence-corrected chi connectivity index (χ2v) is 7.79. The molecule has 3 rings (SSSR count). The van der Waals surface area contributed by atoms with E-state index in [-0.39, 0.29) is 5.82 Å². The molecule has 0 saturated carbocycles. The van der Waals surface area contributed by atoms with E-state index in [4.69, 9.17) is 5.73 Å². The molecule has 3 aromatic rings. The number of anilines is 1. The first-order valence-electron chi connectivity index (χ1n) is 7.03. The molecule has 0 aliphatic heterocycles. The summed E-state index contributed by atoms with van der Waals surface area (Å²) in [6.07, 6.45) is 0. The van der Waals surface area contributed by atoms with Gasteiger partial charge in [0.05, 0.1) is 9.48 Å². The second-order valence-electron chi connectivity index (χ2n) is 5.33. The number of aryl methyl sites for hydroxylation is 2. The van der Waals surface area contributed by atoms with Crippen molar-refractivity contribution in [2.75, 3.05) is 5.73 Å². The van der Waals surface area contributed by atoms with Gasteiger partial charge >= 0.3 is 0 Å². The molecule has 0 amide bonds. The summed E-state index contributed by atoms with van der Waals surface area (Å²) in [5, 5.41) is 9.43. The number of nitrogens with two attached hydrogens (primary N) is 1. The Morgan fingerprint density at radius 1 is 1.13 bits per heavy atom. The van der Waals surface area contributed by atoms with Gasteiger partial charge in [0, 0.05) is 16.0 Å². The normalized spacial score (nSPS) is 10.5. The highest BCUT2D eigenvalue weighted by atomic mass is 79.9. The van der Waals surface area contributed by atoms with Gasteiger partial charge in [-0.2, -0.15) is 5.26 Å². The predicted molar refractivity (Wildman–Crippen MR) is 99.3 cm³/mol. The van der Waals surface area contributed by atoms with E-state index in [2.05, 4.69) is 53.0 Å². The van der Waals surface area contributed by atoms with E-state index < -0.39 is 0 Å². The number of thiophene rings is 1. The van der Waals surface area contributed by atoms with Crippen molar-refractivity contribution in [3.05, 3.63) is 56.9 Å². The molecule has 0 bridgehead atoms. The molecule has 0 fully saturated rings. The van der Waals surface area contributed by atoms with Crippen LogP contribution >= 0.6 is 27.3 Å². The maximum Gasteiger partial charge on any atom is 0.142 e. The zero-order valence-electron chi connectivity index (χ0n) is 12.7. The molecule has 0 radical (unpaired) electrons. The van der Waals surface area contributed by atoms with Crippen LogP contribution in [-0.2, 0) is 0 Å². The minimum absolute atomic E-state index is 0.266. The maximum atomic E-state index is 9.43. The molecule has 2 heterocycles. The van der Waals surface area contributed by atoms with Gasteiger partial charge < -0.3 is 5.73 Å². The molecule has 0 atom stereocenters. The number of nitrogen functional groups attached to an aromatic ring is 1. The van der Waals surface area contributed by atoms with E-state index in [1.54, 1.807) is 11.3 Å². The van der Waals surface area contributed by atoms with Crippen molar-refractivity contribution in [2.45, 2.75) is 13.8 Å². The first kappa shape index (κ1) is 15.7. The van der Waals surface area contributed by atoms with E-state index in [9.17, 15) is 5.26 Å². The van der Waals surface area contributed by atoms with Crippen molar-refractivity contribution < 1.29 is 0 Å². The third-order valence-corrected chi connectivity index (χ3v) is 5.46. The number of rotatable bonds is 2. The first-order valence-corrected chi connectivity index (χ1v) is 8.64.